The van der Waals surface area contributed by atoms with Crippen LogP contribution in [0.15, 0.2) is 30.3 Å². The molecule has 1 amide bonds. The molecule has 1 aromatic carbocycles. The van der Waals surface area contributed by atoms with Crippen molar-refractivity contribution in [1.29, 1.82) is 0 Å². The van der Waals surface area contributed by atoms with E-state index in [-0.39, 0.29) is 18.3 Å². The first-order valence-electron chi connectivity index (χ1n) is 7.00. The van der Waals surface area contributed by atoms with Gasteiger partial charge in [0.2, 0.25) is 5.91 Å². The van der Waals surface area contributed by atoms with Gasteiger partial charge in [-0.3, -0.25) is 4.79 Å². The smallest absolute Gasteiger partial charge is 0.233 e. The monoisotopic (exact) mass is 298 g/mol. The Morgan fingerprint density at radius 1 is 1.25 bits per heavy atom. The number of amides is 1. The van der Waals surface area contributed by atoms with E-state index >= 15 is 0 Å². The molecule has 0 radical (unpaired) electrons. The zero-order chi connectivity index (χ0) is 13.3. The minimum Gasteiger partial charge on any atom is -0.494 e. The Hall–Kier alpha value is -1.26. The predicted molar refractivity (Wildman–Crippen MR) is 82.4 cm³/mol. The van der Waals surface area contributed by atoms with Crippen molar-refractivity contribution in [2.24, 2.45) is 5.92 Å². The maximum atomic E-state index is 11.5. The summed E-state index contributed by atoms with van der Waals surface area (Å²) >= 11 is 0. The minimum atomic E-state index is 0. The summed E-state index contributed by atoms with van der Waals surface area (Å²) in [7, 11) is 0. The Morgan fingerprint density at radius 2 is 2.00 bits per heavy atom. The molecule has 1 aliphatic carbocycles. The van der Waals surface area contributed by atoms with Crippen LogP contribution in [-0.4, -0.2) is 32.1 Å². The topological polar surface area (TPSA) is 50.4 Å². The van der Waals surface area contributed by atoms with Gasteiger partial charge in [-0.15, -0.1) is 12.4 Å². The maximum absolute atomic E-state index is 11.5. The molecule has 112 valence electrons. The van der Waals surface area contributed by atoms with Gasteiger partial charge in [-0.25, -0.2) is 0 Å². The highest BCUT2D eigenvalue weighted by atomic mass is 35.5. The molecule has 20 heavy (non-hydrogen) atoms. The zero-order valence-electron chi connectivity index (χ0n) is 11.6. The van der Waals surface area contributed by atoms with Gasteiger partial charge in [-0.05, 0) is 43.9 Å². The molecule has 1 saturated carbocycles. The normalized spacial score (nSPS) is 13.4. The molecule has 0 aromatic heterocycles. The fourth-order valence-electron chi connectivity index (χ4n) is 1.78. The molecule has 2 rings (SSSR count). The van der Waals surface area contributed by atoms with Crippen LogP contribution < -0.4 is 15.4 Å². The summed E-state index contributed by atoms with van der Waals surface area (Å²) in [4.78, 5) is 11.5. The number of benzene rings is 1. The Kier molecular flexibility index (Phi) is 8.07. The summed E-state index contributed by atoms with van der Waals surface area (Å²) in [6.45, 7) is 2.69. The third-order valence-corrected chi connectivity index (χ3v) is 3.07. The van der Waals surface area contributed by atoms with Crippen molar-refractivity contribution in [3.05, 3.63) is 30.3 Å². The molecule has 1 fully saturated rings. The molecule has 0 unspecified atom stereocenters. The molecule has 0 aliphatic heterocycles. The van der Waals surface area contributed by atoms with E-state index in [4.69, 9.17) is 4.74 Å². The third-order valence-electron chi connectivity index (χ3n) is 3.07. The SMILES string of the molecule is Cl.O=C(CNCC1CC1)NCCCOc1ccccc1. The van der Waals surface area contributed by atoms with Gasteiger partial charge in [-0.2, -0.15) is 0 Å². The van der Waals surface area contributed by atoms with Crippen LogP contribution in [0.1, 0.15) is 19.3 Å². The van der Waals surface area contributed by atoms with Gasteiger partial charge in [0.15, 0.2) is 0 Å². The van der Waals surface area contributed by atoms with Crippen LogP contribution >= 0.6 is 12.4 Å². The van der Waals surface area contributed by atoms with Gasteiger partial charge < -0.3 is 15.4 Å². The summed E-state index contributed by atoms with van der Waals surface area (Å²) < 4.78 is 5.54. The van der Waals surface area contributed by atoms with Crippen LogP contribution in [0.4, 0.5) is 0 Å². The van der Waals surface area contributed by atoms with E-state index in [0.717, 1.165) is 24.6 Å². The van der Waals surface area contributed by atoms with E-state index in [0.29, 0.717) is 19.7 Å². The second kappa shape index (κ2) is 9.61. The quantitative estimate of drug-likeness (QED) is 0.686. The van der Waals surface area contributed by atoms with Gasteiger partial charge in [-0.1, -0.05) is 18.2 Å². The lowest BCUT2D eigenvalue weighted by atomic mass is 10.3. The van der Waals surface area contributed by atoms with E-state index in [9.17, 15) is 4.79 Å². The van der Waals surface area contributed by atoms with Crippen LogP contribution in [0.25, 0.3) is 0 Å². The second-order valence-corrected chi connectivity index (χ2v) is 4.94. The number of halogens is 1. The molecular weight excluding hydrogens is 276 g/mol. The first kappa shape index (κ1) is 16.8. The molecule has 0 heterocycles. The van der Waals surface area contributed by atoms with Crippen LogP contribution in [0.2, 0.25) is 0 Å². The van der Waals surface area contributed by atoms with E-state index in [1.165, 1.54) is 12.8 Å². The van der Waals surface area contributed by atoms with Gasteiger partial charge in [0.05, 0.1) is 13.2 Å². The van der Waals surface area contributed by atoms with Crippen molar-refractivity contribution >= 4 is 18.3 Å². The lowest BCUT2D eigenvalue weighted by Crippen LogP contribution is -2.35. The first-order valence-corrected chi connectivity index (χ1v) is 7.00. The zero-order valence-corrected chi connectivity index (χ0v) is 12.5. The van der Waals surface area contributed by atoms with Crippen molar-refractivity contribution in [3.8, 4) is 5.75 Å². The highest BCUT2D eigenvalue weighted by Crippen LogP contribution is 2.27. The van der Waals surface area contributed by atoms with Crippen LogP contribution in [0, 0.1) is 5.92 Å². The summed E-state index contributed by atoms with van der Waals surface area (Å²) in [5, 5.41) is 6.05. The van der Waals surface area contributed by atoms with E-state index in [1.54, 1.807) is 0 Å². The molecule has 0 spiro atoms. The number of carbonyl (C=O) groups excluding carboxylic acids is 1. The number of hydrogen-bond donors (Lipinski definition) is 2. The maximum Gasteiger partial charge on any atom is 0.233 e. The summed E-state index contributed by atoms with van der Waals surface area (Å²) in [5.74, 6) is 1.76. The average Bonchev–Trinajstić information content (AvgIpc) is 3.24. The lowest BCUT2D eigenvalue weighted by molar-refractivity contribution is -0.120. The van der Waals surface area contributed by atoms with Crippen molar-refractivity contribution in [2.75, 3.05) is 26.2 Å². The summed E-state index contributed by atoms with van der Waals surface area (Å²) in [5.41, 5.74) is 0. The second-order valence-electron chi connectivity index (χ2n) is 4.94. The summed E-state index contributed by atoms with van der Waals surface area (Å²) in [6, 6.07) is 9.72. The van der Waals surface area contributed by atoms with Gasteiger partial charge >= 0.3 is 0 Å². The molecule has 0 bridgehead atoms. The molecule has 4 nitrogen and oxygen atoms in total. The van der Waals surface area contributed by atoms with Gasteiger partial charge in [0.1, 0.15) is 5.75 Å². The predicted octanol–water partition coefficient (Wildman–Crippen LogP) is 1.99. The van der Waals surface area contributed by atoms with Crippen molar-refractivity contribution in [2.45, 2.75) is 19.3 Å². The number of nitrogens with one attached hydrogen (secondary N) is 2. The fourth-order valence-corrected chi connectivity index (χ4v) is 1.78. The average molecular weight is 299 g/mol. The number of carbonyl (C=O) groups is 1. The Morgan fingerprint density at radius 3 is 2.70 bits per heavy atom. The number of ether oxygens (including phenoxy) is 1. The molecule has 0 atom stereocenters. The number of rotatable bonds is 9. The lowest BCUT2D eigenvalue weighted by Gasteiger charge is -2.07. The third kappa shape index (κ3) is 7.36. The van der Waals surface area contributed by atoms with Crippen molar-refractivity contribution < 1.29 is 9.53 Å². The van der Waals surface area contributed by atoms with Crippen molar-refractivity contribution in [1.82, 2.24) is 10.6 Å². The molecular formula is C15H23ClN2O2. The van der Waals surface area contributed by atoms with Gasteiger partial charge in [0, 0.05) is 6.54 Å². The molecule has 0 saturated heterocycles. The Bertz CT molecular complexity index is 383. The van der Waals surface area contributed by atoms with Crippen LogP contribution in [0.5, 0.6) is 5.75 Å². The molecule has 1 aromatic rings. The Labute approximate surface area is 126 Å². The number of para-hydroxylation sites is 1. The van der Waals surface area contributed by atoms with Crippen molar-refractivity contribution in [3.63, 3.8) is 0 Å². The van der Waals surface area contributed by atoms with Crippen LogP contribution in [0.3, 0.4) is 0 Å². The van der Waals surface area contributed by atoms with Gasteiger partial charge in [0.25, 0.3) is 0 Å². The van der Waals surface area contributed by atoms with E-state index in [1.807, 2.05) is 30.3 Å². The standard InChI is InChI=1S/C15H22N2O2.ClH/c18-15(12-16-11-13-7-8-13)17-9-4-10-19-14-5-2-1-3-6-14;/h1-3,5-6,13,16H,4,7-12H2,(H,17,18);1H. The summed E-state index contributed by atoms with van der Waals surface area (Å²) in [6.07, 6.45) is 3.44. The Balaban J connectivity index is 0.00000200. The largest absolute Gasteiger partial charge is 0.494 e. The fraction of sp³-hybridized carbons (Fsp3) is 0.533. The van der Waals surface area contributed by atoms with E-state index < -0.39 is 0 Å². The van der Waals surface area contributed by atoms with E-state index in [2.05, 4.69) is 10.6 Å². The minimum absolute atomic E-state index is 0. The highest BCUT2D eigenvalue weighted by Gasteiger charge is 2.20. The molecule has 1 aliphatic rings. The molecule has 5 heteroatoms. The highest BCUT2D eigenvalue weighted by molar-refractivity contribution is 5.85. The number of hydrogen-bond acceptors (Lipinski definition) is 3. The molecule has 2 N–H and O–H groups in total. The van der Waals surface area contributed by atoms with Crippen LogP contribution in [-0.2, 0) is 4.79 Å². The first-order chi connectivity index (χ1) is 9.34.